The van der Waals surface area contributed by atoms with Crippen LogP contribution in [0, 0.1) is 5.41 Å². The van der Waals surface area contributed by atoms with Crippen LogP contribution in [0.1, 0.15) is 47.5 Å². The highest BCUT2D eigenvalue weighted by Crippen LogP contribution is 2.27. The van der Waals surface area contributed by atoms with E-state index in [9.17, 15) is 15.0 Å². The second-order valence-electron chi connectivity index (χ2n) is 6.32. The molecule has 1 unspecified atom stereocenters. The van der Waals surface area contributed by atoms with Crippen molar-refractivity contribution in [3.8, 4) is 0 Å². The smallest absolute Gasteiger partial charge is 0.174 e. The monoisotopic (exact) mass is 290 g/mol. The zero-order chi connectivity index (χ0) is 16.0. The summed E-state index contributed by atoms with van der Waals surface area (Å²) in [5, 5.41) is 18.6. The molecular weight excluding hydrogens is 260 g/mol. The summed E-state index contributed by atoms with van der Waals surface area (Å²) in [5.74, 6) is -0.300. The van der Waals surface area contributed by atoms with Gasteiger partial charge in [-0.1, -0.05) is 6.92 Å². The maximum absolute atomic E-state index is 12.4. The van der Waals surface area contributed by atoms with Crippen molar-refractivity contribution in [1.82, 2.24) is 0 Å². The van der Waals surface area contributed by atoms with Gasteiger partial charge >= 0.3 is 0 Å². The maximum atomic E-state index is 12.4. The van der Waals surface area contributed by atoms with Gasteiger partial charge in [-0.2, -0.15) is 0 Å². The Balaban J connectivity index is 4.64. The van der Waals surface area contributed by atoms with Crippen molar-refractivity contribution >= 4 is 5.78 Å². The standard InChI is InChI=1S/C15H30O5/c1-7-15(5,19-6)8-9-20-13(2,3)12(18)14(4,10-16)11-17/h16-17H,7-11H2,1-6H3. The number of methoxy groups -OCH3 is 1. The van der Waals surface area contributed by atoms with Gasteiger partial charge in [-0.05, 0) is 40.5 Å². The van der Waals surface area contributed by atoms with Crippen LogP contribution in [0.4, 0.5) is 0 Å². The van der Waals surface area contributed by atoms with Crippen molar-refractivity contribution in [3.63, 3.8) is 0 Å². The van der Waals surface area contributed by atoms with Gasteiger partial charge in [0.15, 0.2) is 5.78 Å². The van der Waals surface area contributed by atoms with Gasteiger partial charge in [0, 0.05) is 7.11 Å². The fourth-order valence-corrected chi connectivity index (χ4v) is 1.93. The zero-order valence-electron chi connectivity index (χ0n) is 13.7. The first kappa shape index (κ1) is 19.5. The Morgan fingerprint density at radius 1 is 1.10 bits per heavy atom. The summed E-state index contributed by atoms with van der Waals surface area (Å²) in [5.41, 5.74) is -2.50. The van der Waals surface area contributed by atoms with E-state index in [0.29, 0.717) is 13.0 Å². The molecule has 0 heterocycles. The number of hydrogen-bond donors (Lipinski definition) is 2. The number of aliphatic hydroxyl groups excluding tert-OH is 2. The van der Waals surface area contributed by atoms with Gasteiger partial charge in [-0.3, -0.25) is 4.79 Å². The van der Waals surface area contributed by atoms with Crippen LogP contribution in [0.25, 0.3) is 0 Å². The van der Waals surface area contributed by atoms with E-state index >= 15 is 0 Å². The third-order valence-corrected chi connectivity index (χ3v) is 4.13. The van der Waals surface area contributed by atoms with Gasteiger partial charge in [0.05, 0.1) is 30.8 Å². The predicted octanol–water partition coefficient (Wildman–Crippen LogP) is 1.55. The Morgan fingerprint density at radius 3 is 1.95 bits per heavy atom. The topological polar surface area (TPSA) is 76.0 Å². The van der Waals surface area contributed by atoms with Gasteiger partial charge in [0.25, 0.3) is 0 Å². The summed E-state index contributed by atoms with van der Waals surface area (Å²) < 4.78 is 11.1. The summed E-state index contributed by atoms with van der Waals surface area (Å²) in [6.07, 6.45) is 1.53. The average Bonchev–Trinajstić information content (AvgIpc) is 2.45. The van der Waals surface area contributed by atoms with Crippen molar-refractivity contribution < 1.29 is 24.5 Å². The first-order chi connectivity index (χ1) is 9.10. The molecule has 0 aliphatic rings. The number of ketones is 1. The van der Waals surface area contributed by atoms with E-state index in [0.717, 1.165) is 6.42 Å². The Hall–Kier alpha value is -0.490. The quantitative estimate of drug-likeness (QED) is 0.638. The lowest BCUT2D eigenvalue weighted by atomic mass is 9.79. The van der Waals surface area contributed by atoms with Gasteiger partial charge in [-0.15, -0.1) is 0 Å². The van der Waals surface area contributed by atoms with Crippen molar-refractivity contribution in [2.75, 3.05) is 26.9 Å². The number of Topliss-reactive ketones (excluding diaryl/α,β-unsaturated/α-hetero) is 1. The first-order valence-electron chi connectivity index (χ1n) is 7.06. The van der Waals surface area contributed by atoms with Crippen LogP contribution in [0.3, 0.4) is 0 Å². The van der Waals surface area contributed by atoms with E-state index < -0.39 is 24.2 Å². The second-order valence-corrected chi connectivity index (χ2v) is 6.32. The summed E-state index contributed by atoms with van der Waals surface area (Å²) in [7, 11) is 1.66. The molecule has 0 radical (unpaired) electrons. The molecule has 120 valence electrons. The largest absolute Gasteiger partial charge is 0.395 e. The number of ether oxygens (including phenoxy) is 2. The number of rotatable bonds is 10. The molecule has 0 saturated carbocycles. The SMILES string of the molecule is CCC(C)(CCOC(C)(C)C(=O)C(C)(CO)CO)OC. The van der Waals surface area contributed by atoms with Gasteiger partial charge < -0.3 is 19.7 Å². The Morgan fingerprint density at radius 2 is 1.60 bits per heavy atom. The molecule has 0 saturated heterocycles. The van der Waals surface area contributed by atoms with E-state index in [1.165, 1.54) is 6.92 Å². The lowest BCUT2D eigenvalue weighted by Crippen LogP contribution is -2.49. The highest BCUT2D eigenvalue weighted by atomic mass is 16.5. The Labute approximate surface area is 122 Å². The molecule has 0 spiro atoms. The minimum Gasteiger partial charge on any atom is -0.395 e. The molecule has 0 aliphatic carbocycles. The van der Waals surface area contributed by atoms with Crippen LogP contribution >= 0.6 is 0 Å². The van der Waals surface area contributed by atoms with Crippen LogP contribution in [0.15, 0.2) is 0 Å². The highest BCUT2D eigenvalue weighted by Gasteiger charge is 2.42. The van der Waals surface area contributed by atoms with Crippen LogP contribution in [-0.4, -0.2) is 54.1 Å². The van der Waals surface area contributed by atoms with Gasteiger partial charge in [0.1, 0.15) is 5.60 Å². The number of aliphatic hydroxyl groups is 2. The number of hydrogen-bond acceptors (Lipinski definition) is 5. The molecule has 0 fully saturated rings. The molecule has 0 aliphatic heterocycles. The summed E-state index contributed by atoms with van der Waals surface area (Å²) in [6.45, 7) is 8.46. The lowest BCUT2D eigenvalue weighted by Gasteiger charge is -2.34. The van der Waals surface area contributed by atoms with E-state index in [1.54, 1.807) is 21.0 Å². The van der Waals surface area contributed by atoms with Crippen molar-refractivity contribution in [2.24, 2.45) is 5.41 Å². The molecule has 0 aromatic carbocycles. The molecular formula is C15H30O5. The molecule has 5 nitrogen and oxygen atoms in total. The molecule has 0 aromatic heterocycles. The van der Waals surface area contributed by atoms with Crippen LogP contribution < -0.4 is 0 Å². The van der Waals surface area contributed by atoms with Crippen molar-refractivity contribution in [1.29, 1.82) is 0 Å². The molecule has 20 heavy (non-hydrogen) atoms. The van der Waals surface area contributed by atoms with E-state index in [1.807, 2.05) is 13.8 Å². The van der Waals surface area contributed by atoms with Gasteiger partial charge in [-0.25, -0.2) is 0 Å². The average molecular weight is 290 g/mol. The van der Waals surface area contributed by atoms with Crippen LogP contribution in [0.5, 0.6) is 0 Å². The fourth-order valence-electron chi connectivity index (χ4n) is 1.93. The maximum Gasteiger partial charge on any atom is 0.174 e. The molecule has 0 bridgehead atoms. The molecule has 0 aromatic rings. The molecule has 0 amide bonds. The van der Waals surface area contributed by atoms with Crippen molar-refractivity contribution in [3.05, 3.63) is 0 Å². The normalized spacial score (nSPS) is 16.0. The first-order valence-corrected chi connectivity index (χ1v) is 7.06. The third kappa shape index (κ3) is 4.81. The van der Waals surface area contributed by atoms with Crippen molar-refractivity contribution in [2.45, 2.75) is 58.7 Å². The molecule has 1 atom stereocenters. The van der Waals surface area contributed by atoms with Gasteiger partial charge in [0.2, 0.25) is 0 Å². The number of carbonyl (C=O) groups excluding carboxylic acids is 1. The summed E-state index contributed by atoms with van der Waals surface area (Å²) in [4.78, 5) is 12.4. The second kappa shape index (κ2) is 7.50. The minimum atomic E-state index is -1.18. The Bertz CT molecular complexity index is 303. The third-order valence-electron chi connectivity index (χ3n) is 4.13. The molecule has 5 heteroatoms. The number of carbonyl (C=O) groups is 1. The fraction of sp³-hybridized carbons (Fsp3) is 0.933. The summed E-state index contributed by atoms with van der Waals surface area (Å²) in [6, 6.07) is 0. The minimum absolute atomic E-state index is 0.267. The predicted molar refractivity (Wildman–Crippen MR) is 77.6 cm³/mol. The summed E-state index contributed by atoms with van der Waals surface area (Å²) >= 11 is 0. The zero-order valence-corrected chi connectivity index (χ0v) is 13.7. The van der Waals surface area contributed by atoms with Crippen LogP contribution in [-0.2, 0) is 14.3 Å². The molecule has 0 rings (SSSR count). The van der Waals surface area contributed by atoms with E-state index in [2.05, 4.69) is 0 Å². The molecule has 2 N–H and O–H groups in total. The Kier molecular flexibility index (Phi) is 7.32. The van der Waals surface area contributed by atoms with Crippen LogP contribution in [0.2, 0.25) is 0 Å². The van der Waals surface area contributed by atoms with E-state index in [4.69, 9.17) is 9.47 Å². The van der Waals surface area contributed by atoms with E-state index in [-0.39, 0.29) is 11.4 Å². The highest BCUT2D eigenvalue weighted by molar-refractivity contribution is 5.91. The lowest BCUT2D eigenvalue weighted by molar-refractivity contribution is -0.157.